The van der Waals surface area contributed by atoms with Gasteiger partial charge in [0.2, 0.25) is 0 Å². The Labute approximate surface area is 132 Å². The normalized spacial score (nSPS) is 30.9. The van der Waals surface area contributed by atoms with Crippen molar-refractivity contribution in [3.8, 4) is 0 Å². The first-order valence-electron chi connectivity index (χ1n) is 8.23. The highest BCUT2D eigenvalue weighted by Crippen LogP contribution is 2.51. The monoisotopic (exact) mass is 376 g/mol. The molecule has 0 unspecified atom stereocenters. The van der Waals surface area contributed by atoms with Gasteiger partial charge in [-0.15, -0.1) is 0 Å². The fraction of sp³-hybridized carbons (Fsp3) is 1.00. The molecule has 19 heavy (non-hydrogen) atoms. The van der Waals surface area contributed by atoms with Gasteiger partial charge in [0.05, 0.1) is 0 Å². The van der Waals surface area contributed by atoms with Crippen molar-refractivity contribution in [2.24, 2.45) is 17.3 Å². The fourth-order valence-corrected chi connectivity index (χ4v) is 4.99. The third kappa shape index (κ3) is 3.13. The SMILES string of the molecule is CC(C)C1CCN(C2CC3(CCN(I)CC3)C2)CC1. The van der Waals surface area contributed by atoms with Crippen LogP contribution in [0.15, 0.2) is 0 Å². The van der Waals surface area contributed by atoms with Crippen LogP contribution in [0.5, 0.6) is 0 Å². The van der Waals surface area contributed by atoms with Gasteiger partial charge in [0.1, 0.15) is 0 Å². The average molecular weight is 376 g/mol. The third-order valence-electron chi connectivity index (χ3n) is 6.14. The Morgan fingerprint density at radius 1 is 1.00 bits per heavy atom. The summed E-state index contributed by atoms with van der Waals surface area (Å²) in [5.41, 5.74) is 0.751. The quantitative estimate of drug-likeness (QED) is 0.532. The summed E-state index contributed by atoms with van der Waals surface area (Å²) < 4.78 is 2.48. The molecule has 0 bridgehead atoms. The standard InChI is InChI=1S/C16H29IN2/c1-13(2)14-3-7-18(8-4-14)15-11-16(12-15)5-9-19(17)10-6-16/h13-15H,3-12H2,1-2H3. The van der Waals surface area contributed by atoms with Crippen LogP contribution in [0.3, 0.4) is 0 Å². The molecule has 0 aromatic carbocycles. The molecule has 2 heterocycles. The zero-order valence-corrected chi connectivity index (χ0v) is 14.7. The number of halogens is 1. The van der Waals surface area contributed by atoms with E-state index in [9.17, 15) is 0 Å². The molecule has 0 aromatic rings. The summed E-state index contributed by atoms with van der Waals surface area (Å²) >= 11 is 2.49. The van der Waals surface area contributed by atoms with Crippen LogP contribution in [0.25, 0.3) is 0 Å². The molecule has 2 aliphatic heterocycles. The lowest BCUT2D eigenvalue weighted by molar-refractivity contribution is -0.0415. The number of piperidine rings is 2. The predicted octanol–water partition coefficient (Wildman–Crippen LogP) is 3.95. The first kappa shape index (κ1) is 14.6. The van der Waals surface area contributed by atoms with Crippen molar-refractivity contribution in [2.75, 3.05) is 26.2 Å². The van der Waals surface area contributed by atoms with Gasteiger partial charge in [0.15, 0.2) is 0 Å². The van der Waals surface area contributed by atoms with E-state index in [1.54, 1.807) is 0 Å². The Morgan fingerprint density at radius 3 is 2.11 bits per heavy atom. The van der Waals surface area contributed by atoms with Crippen molar-refractivity contribution in [1.82, 2.24) is 8.01 Å². The third-order valence-corrected chi connectivity index (χ3v) is 7.11. The van der Waals surface area contributed by atoms with E-state index in [-0.39, 0.29) is 0 Å². The molecule has 0 amide bonds. The molecular weight excluding hydrogens is 347 g/mol. The predicted molar refractivity (Wildman–Crippen MR) is 89.4 cm³/mol. The number of hydrogen-bond donors (Lipinski definition) is 0. The molecule has 3 rings (SSSR count). The second-order valence-electron chi connectivity index (χ2n) is 7.59. The molecule has 0 atom stereocenters. The molecule has 0 N–H and O–H groups in total. The number of nitrogens with zero attached hydrogens (tertiary/aromatic N) is 2. The van der Waals surface area contributed by atoms with Gasteiger partial charge in [0.25, 0.3) is 0 Å². The Kier molecular flexibility index (Phi) is 4.45. The van der Waals surface area contributed by atoms with Crippen LogP contribution in [0.2, 0.25) is 0 Å². The van der Waals surface area contributed by atoms with Crippen molar-refractivity contribution in [1.29, 1.82) is 0 Å². The Balaban J connectivity index is 1.44. The highest BCUT2D eigenvalue weighted by atomic mass is 127. The zero-order chi connectivity index (χ0) is 13.5. The van der Waals surface area contributed by atoms with E-state index in [2.05, 4.69) is 44.7 Å². The van der Waals surface area contributed by atoms with Crippen molar-refractivity contribution in [3.05, 3.63) is 0 Å². The molecule has 0 radical (unpaired) electrons. The van der Waals surface area contributed by atoms with E-state index in [1.165, 1.54) is 64.7 Å². The summed E-state index contributed by atoms with van der Waals surface area (Å²) in [6, 6.07) is 0.939. The van der Waals surface area contributed by atoms with Gasteiger partial charge < -0.3 is 4.90 Å². The van der Waals surface area contributed by atoms with E-state index in [0.29, 0.717) is 0 Å². The van der Waals surface area contributed by atoms with Crippen LogP contribution >= 0.6 is 22.9 Å². The van der Waals surface area contributed by atoms with E-state index in [1.807, 2.05) is 0 Å². The molecule has 0 aromatic heterocycles. The highest BCUT2D eigenvalue weighted by Gasteiger charge is 2.47. The van der Waals surface area contributed by atoms with E-state index >= 15 is 0 Å². The van der Waals surface area contributed by atoms with Crippen LogP contribution in [0.1, 0.15) is 52.4 Å². The second kappa shape index (κ2) is 5.80. The summed E-state index contributed by atoms with van der Waals surface area (Å²) in [6.45, 7) is 10.2. The minimum absolute atomic E-state index is 0.751. The van der Waals surface area contributed by atoms with E-state index in [0.717, 1.165) is 23.3 Å². The minimum Gasteiger partial charge on any atom is -0.300 e. The Bertz CT molecular complexity index is 294. The van der Waals surface area contributed by atoms with Crippen molar-refractivity contribution in [2.45, 2.75) is 58.4 Å². The molecule has 2 nitrogen and oxygen atoms in total. The summed E-state index contributed by atoms with van der Waals surface area (Å²) in [4.78, 5) is 2.82. The number of hydrogen-bond acceptors (Lipinski definition) is 2. The summed E-state index contributed by atoms with van der Waals surface area (Å²) in [6.07, 6.45) is 8.81. The van der Waals surface area contributed by atoms with Crippen LogP contribution in [0.4, 0.5) is 0 Å². The molecule has 3 aliphatic rings. The maximum absolute atomic E-state index is 2.82. The summed E-state index contributed by atoms with van der Waals surface area (Å²) in [5, 5.41) is 0. The van der Waals surface area contributed by atoms with Crippen molar-refractivity contribution in [3.63, 3.8) is 0 Å². The van der Waals surface area contributed by atoms with Gasteiger partial charge >= 0.3 is 0 Å². The summed E-state index contributed by atoms with van der Waals surface area (Å²) in [7, 11) is 0. The summed E-state index contributed by atoms with van der Waals surface area (Å²) in [5.74, 6) is 1.88. The lowest BCUT2D eigenvalue weighted by Crippen LogP contribution is -2.55. The number of rotatable bonds is 2. The van der Waals surface area contributed by atoms with Crippen molar-refractivity contribution >= 4 is 22.9 Å². The molecule has 1 aliphatic carbocycles. The number of likely N-dealkylation sites (tertiary alicyclic amines) is 1. The van der Waals surface area contributed by atoms with Gasteiger partial charge in [0, 0.05) is 42.0 Å². The smallest absolute Gasteiger partial charge is 0.0201 e. The van der Waals surface area contributed by atoms with Crippen LogP contribution in [0, 0.1) is 17.3 Å². The molecule has 1 spiro atoms. The Morgan fingerprint density at radius 2 is 1.58 bits per heavy atom. The molecule has 3 heteroatoms. The highest BCUT2D eigenvalue weighted by molar-refractivity contribution is 14.1. The lowest BCUT2D eigenvalue weighted by atomic mass is 9.60. The van der Waals surface area contributed by atoms with Gasteiger partial charge in [-0.3, -0.25) is 0 Å². The van der Waals surface area contributed by atoms with Gasteiger partial charge in [-0.25, -0.2) is 3.11 Å². The Hall–Kier alpha value is 0.650. The maximum Gasteiger partial charge on any atom is 0.0201 e. The fourth-order valence-electron chi connectivity index (χ4n) is 4.51. The minimum atomic E-state index is 0.751. The molecule has 3 fully saturated rings. The van der Waals surface area contributed by atoms with E-state index < -0.39 is 0 Å². The molecule has 1 saturated carbocycles. The first-order chi connectivity index (χ1) is 9.08. The zero-order valence-electron chi connectivity index (χ0n) is 12.6. The maximum atomic E-state index is 2.82. The van der Waals surface area contributed by atoms with Crippen LogP contribution in [-0.4, -0.2) is 40.2 Å². The topological polar surface area (TPSA) is 6.48 Å². The second-order valence-corrected chi connectivity index (χ2v) is 8.95. The van der Waals surface area contributed by atoms with Crippen molar-refractivity contribution < 1.29 is 0 Å². The van der Waals surface area contributed by atoms with Crippen LogP contribution in [-0.2, 0) is 0 Å². The van der Waals surface area contributed by atoms with E-state index in [4.69, 9.17) is 0 Å². The van der Waals surface area contributed by atoms with Gasteiger partial charge in [-0.1, -0.05) is 13.8 Å². The molecule has 110 valence electrons. The first-order valence-corrected chi connectivity index (χ1v) is 9.19. The van der Waals surface area contributed by atoms with Crippen LogP contribution < -0.4 is 0 Å². The van der Waals surface area contributed by atoms with Gasteiger partial charge in [-0.2, -0.15) is 0 Å². The molecular formula is C16H29IN2. The average Bonchev–Trinajstić information content (AvgIpc) is 2.37. The largest absolute Gasteiger partial charge is 0.300 e. The van der Waals surface area contributed by atoms with Gasteiger partial charge in [-0.05, 0) is 68.9 Å². The lowest BCUT2D eigenvalue weighted by Gasteiger charge is -2.56. The molecule has 2 saturated heterocycles.